The smallest absolute Gasteiger partial charge is 0.268 e. The largest absolute Gasteiger partial charge is 0.350 e. The average Bonchev–Trinajstić information content (AvgIpc) is 3.43. The van der Waals surface area contributed by atoms with Crippen LogP contribution >= 0.6 is 0 Å². The van der Waals surface area contributed by atoms with Crippen LogP contribution in [-0.4, -0.2) is 58.8 Å². The van der Waals surface area contributed by atoms with Crippen LogP contribution in [0, 0.1) is 23.2 Å². The molecule has 0 spiro atoms. The molecule has 6 rings (SSSR count). The van der Waals surface area contributed by atoms with Crippen LogP contribution in [0.15, 0.2) is 24.4 Å². The van der Waals surface area contributed by atoms with Gasteiger partial charge < -0.3 is 15.5 Å². The van der Waals surface area contributed by atoms with Gasteiger partial charge in [0.25, 0.3) is 5.91 Å². The van der Waals surface area contributed by atoms with E-state index in [9.17, 15) is 9.59 Å². The van der Waals surface area contributed by atoms with Gasteiger partial charge >= 0.3 is 0 Å². The second-order valence-electron chi connectivity index (χ2n) is 10.6. The Morgan fingerprint density at radius 1 is 1.22 bits per heavy atom. The zero-order valence-corrected chi connectivity index (χ0v) is 19.4. The Kier molecular flexibility index (Phi) is 5.48. The molecule has 7 nitrogen and oxygen atoms in total. The second kappa shape index (κ2) is 8.18. The van der Waals surface area contributed by atoms with E-state index >= 15 is 0 Å². The molecule has 172 valence electrons. The number of likely N-dealkylation sites (N-methyl/N-ethyl adjacent to an activating group) is 1. The van der Waals surface area contributed by atoms with Crippen molar-refractivity contribution in [2.24, 2.45) is 23.2 Å². The number of hydrogen-bond donors (Lipinski definition) is 2. The molecule has 1 saturated heterocycles. The Morgan fingerprint density at radius 2 is 2.06 bits per heavy atom. The Morgan fingerprint density at radius 3 is 2.78 bits per heavy atom. The molecule has 0 aromatic carbocycles. The molecule has 1 unspecified atom stereocenters. The lowest BCUT2D eigenvalue weighted by Crippen LogP contribution is -2.54. The molecule has 7 heteroatoms. The number of nitrogens with zero attached hydrogens (tertiary/aromatic N) is 3. The van der Waals surface area contributed by atoms with E-state index in [2.05, 4.69) is 29.5 Å². The molecule has 2 bridgehead atoms. The molecule has 2 aromatic rings. The maximum Gasteiger partial charge on any atom is 0.268 e. The number of rotatable bonds is 6. The van der Waals surface area contributed by atoms with Gasteiger partial charge in [-0.15, -0.1) is 0 Å². The lowest BCUT2D eigenvalue weighted by molar-refractivity contribution is -0.129. The van der Waals surface area contributed by atoms with Crippen LogP contribution in [-0.2, 0) is 11.2 Å². The Hall–Kier alpha value is -2.41. The van der Waals surface area contributed by atoms with Crippen molar-refractivity contribution < 1.29 is 9.59 Å². The zero-order chi connectivity index (χ0) is 22.5. The monoisotopic (exact) mass is 437 g/mol. The number of aromatic nitrogens is 2. The topological polar surface area (TPSA) is 78.7 Å². The zero-order valence-electron chi connectivity index (χ0n) is 19.4. The second-order valence-corrected chi connectivity index (χ2v) is 10.6. The molecule has 4 aliphatic rings. The van der Waals surface area contributed by atoms with Crippen molar-refractivity contribution in [3.8, 4) is 0 Å². The highest BCUT2D eigenvalue weighted by molar-refractivity contribution is 5.93. The summed E-state index contributed by atoms with van der Waals surface area (Å²) in [6, 6.07) is 5.95. The van der Waals surface area contributed by atoms with Gasteiger partial charge in [0.05, 0.1) is 12.1 Å². The number of nitrogens with one attached hydrogen (secondary N) is 2. The molecule has 2 aromatic heterocycles. The quantitative estimate of drug-likeness (QED) is 0.728. The number of carbonyl (C=O) groups is 2. The first-order valence-corrected chi connectivity index (χ1v) is 12.1. The molecular weight excluding hydrogens is 402 g/mol. The van der Waals surface area contributed by atoms with Gasteiger partial charge in [-0.2, -0.15) is 0 Å². The Balaban J connectivity index is 1.25. The first-order valence-electron chi connectivity index (χ1n) is 12.1. The molecule has 3 saturated carbocycles. The van der Waals surface area contributed by atoms with E-state index in [0.717, 1.165) is 37.9 Å². The van der Waals surface area contributed by atoms with E-state index < -0.39 is 0 Å². The van der Waals surface area contributed by atoms with Crippen molar-refractivity contribution in [1.82, 2.24) is 24.9 Å². The minimum absolute atomic E-state index is 0.0680. The van der Waals surface area contributed by atoms with Gasteiger partial charge in [-0.1, -0.05) is 19.9 Å². The van der Waals surface area contributed by atoms with Gasteiger partial charge in [-0.05, 0) is 68.0 Å². The molecule has 2 amide bonds. The fourth-order valence-electron chi connectivity index (χ4n) is 6.34. The molecule has 1 aliphatic heterocycles. The van der Waals surface area contributed by atoms with E-state index in [-0.39, 0.29) is 18.2 Å². The molecule has 0 radical (unpaired) electrons. The number of amides is 2. The molecule has 32 heavy (non-hydrogen) atoms. The van der Waals surface area contributed by atoms with Gasteiger partial charge in [-0.3, -0.25) is 14.0 Å². The first kappa shape index (κ1) is 21.4. The Labute approximate surface area is 190 Å². The van der Waals surface area contributed by atoms with E-state index in [0.29, 0.717) is 34.4 Å². The molecule has 3 aliphatic carbocycles. The third-order valence-corrected chi connectivity index (χ3v) is 8.58. The van der Waals surface area contributed by atoms with E-state index in [1.54, 1.807) is 0 Å². The van der Waals surface area contributed by atoms with Crippen LogP contribution in [0.1, 0.15) is 55.7 Å². The minimum atomic E-state index is -0.0680. The van der Waals surface area contributed by atoms with Gasteiger partial charge in [0.2, 0.25) is 5.91 Å². The van der Waals surface area contributed by atoms with Crippen LogP contribution < -0.4 is 10.6 Å². The maximum absolute atomic E-state index is 13.1. The summed E-state index contributed by atoms with van der Waals surface area (Å²) < 4.78 is 1.82. The van der Waals surface area contributed by atoms with Crippen LogP contribution in [0.2, 0.25) is 0 Å². The number of pyridine rings is 1. The summed E-state index contributed by atoms with van der Waals surface area (Å²) in [6.45, 7) is 7.03. The van der Waals surface area contributed by atoms with Crippen molar-refractivity contribution in [3.05, 3.63) is 35.8 Å². The summed E-state index contributed by atoms with van der Waals surface area (Å²) in [7, 11) is 1.94. The van der Waals surface area contributed by atoms with Crippen LogP contribution in [0.3, 0.4) is 0 Å². The van der Waals surface area contributed by atoms with Gasteiger partial charge in [0, 0.05) is 31.9 Å². The van der Waals surface area contributed by atoms with Crippen molar-refractivity contribution in [2.45, 2.75) is 52.0 Å². The summed E-state index contributed by atoms with van der Waals surface area (Å²) in [5.41, 5.74) is 2.40. The van der Waals surface area contributed by atoms with E-state index in [4.69, 9.17) is 0 Å². The predicted octanol–water partition coefficient (Wildman–Crippen LogP) is 2.50. The third kappa shape index (κ3) is 3.70. The van der Waals surface area contributed by atoms with Crippen molar-refractivity contribution in [1.29, 1.82) is 0 Å². The normalized spacial score (nSPS) is 28.5. The molecular formula is C25H35N5O2. The van der Waals surface area contributed by atoms with Gasteiger partial charge in [0.15, 0.2) is 0 Å². The van der Waals surface area contributed by atoms with Crippen LogP contribution in [0.25, 0.3) is 5.65 Å². The molecule has 2 N–H and O–H groups in total. The number of carbonyl (C=O) groups excluding carboxylic acids is 2. The van der Waals surface area contributed by atoms with Crippen molar-refractivity contribution in [3.63, 3.8) is 0 Å². The van der Waals surface area contributed by atoms with Crippen LogP contribution in [0.4, 0.5) is 0 Å². The van der Waals surface area contributed by atoms with E-state index in [1.165, 1.54) is 19.3 Å². The standard InChI is InChI=1S/C25H35N5O2/c1-25(2)17-8-7-16(20(25)11-17)13-27-24(32)21-5-4-6-22-28-19(15-30(21)22)12-23(31)29-10-9-18(14-29)26-3/h4-6,15-18,20,26H,7-14H2,1-3H3,(H,27,32)/t16-,17+,18?,20+/m0/s1. The third-order valence-electron chi connectivity index (χ3n) is 8.58. The van der Waals surface area contributed by atoms with Gasteiger partial charge in [-0.25, -0.2) is 4.98 Å². The number of likely N-dealkylation sites (tertiary alicyclic amines) is 1. The Bertz CT molecular complexity index is 1030. The summed E-state index contributed by atoms with van der Waals surface area (Å²) in [4.78, 5) is 32.3. The van der Waals surface area contributed by atoms with Crippen molar-refractivity contribution >= 4 is 17.5 Å². The average molecular weight is 438 g/mol. The summed E-state index contributed by atoms with van der Waals surface area (Å²) >= 11 is 0. The lowest BCUT2D eigenvalue weighted by atomic mass is 9.45. The summed E-state index contributed by atoms with van der Waals surface area (Å²) in [5.74, 6) is 2.18. The fraction of sp³-hybridized carbons (Fsp3) is 0.640. The van der Waals surface area contributed by atoms with Gasteiger partial charge in [0.1, 0.15) is 11.3 Å². The van der Waals surface area contributed by atoms with E-state index in [1.807, 2.05) is 40.7 Å². The fourth-order valence-corrected chi connectivity index (χ4v) is 6.34. The minimum Gasteiger partial charge on any atom is -0.350 e. The SMILES string of the molecule is CNC1CCN(C(=O)Cc2cn3c(C(=O)NC[C@@H]4CC[C@@H]5C[C@H]4C5(C)C)cccc3n2)C1. The van der Waals surface area contributed by atoms with Crippen molar-refractivity contribution in [2.75, 3.05) is 26.7 Å². The highest BCUT2D eigenvalue weighted by Crippen LogP contribution is 2.61. The number of fused-ring (bicyclic) bond motifs is 3. The maximum atomic E-state index is 13.1. The highest BCUT2D eigenvalue weighted by Gasteiger charge is 2.53. The van der Waals surface area contributed by atoms with Crippen LogP contribution in [0.5, 0.6) is 0 Å². The predicted molar refractivity (Wildman–Crippen MR) is 123 cm³/mol. The lowest BCUT2D eigenvalue weighted by Gasteiger charge is -2.60. The highest BCUT2D eigenvalue weighted by atomic mass is 16.2. The summed E-state index contributed by atoms with van der Waals surface area (Å²) in [6.07, 6.45) is 6.90. The molecule has 4 atom stereocenters. The molecule has 4 fully saturated rings. The molecule has 3 heterocycles. The first-order chi connectivity index (χ1) is 15.4. The number of imidazole rings is 1. The number of hydrogen-bond acceptors (Lipinski definition) is 4. The summed E-state index contributed by atoms with van der Waals surface area (Å²) in [5, 5.41) is 6.43.